The van der Waals surface area contributed by atoms with E-state index in [1.165, 1.54) is 26.6 Å². The number of benzene rings is 2. The number of morpholine rings is 1. The van der Waals surface area contributed by atoms with Gasteiger partial charge in [-0.2, -0.15) is 0 Å². The van der Waals surface area contributed by atoms with Gasteiger partial charge in [0.15, 0.2) is 0 Å². The van der Waals surface area contributed by atoms with Crippen LogP contribution in [0.5, 0.6) is 5.75 Å². The molecule has 0 amide bonds. The van der Waals surface area contributed by atoms with Gasteiger partial charge < -0.3 is 24.2 Å². The van der Waals surface area contributed by atoms with E-state index < -0.39 is 12.1 Å². The second kappa shape index (κ2) is 11.5. The van der Waals surface area contributed by atoms with E-state index in [4.69, 9.17) is 19.3 Å². The molecule has 7 heteroatoms. The van der Waals surface area contributed by atoms with Gasteiger partial charge in [0, 0.05) is 35.1 Å². The Kier molecular flexibility index (Phi) is 8.21. The fourth-order valence-corrected chi connectivity index (χ4v) is 5.12. The van der Waals surface area contributed by atoms with Crippen molar-refractivity contribution < 1.29 is 24.1 Å². The van der Waals surface area contributed by atoms with Crippen LogP contribution in [0.4, 0.5) is 5.69 Å². The summed E-state index contributed by atoms with van der Waals surface area (Å²) in [7, 11) is 0. The lowest BCUT2D eigenvalue weighted by Crippen LogP contribution is -2.36. The number of carboxylic acids is 1. The summed E-state index contributed by atoms with van der Waals surface area (Å²) in [6.45, 7) is 8.38. The van der Waals surface area contributed by atoms with E-state index in [0.717, 1.165) is 37.6 Å². The minimum Gasteiger partial charge on any atom is -0.488 e. The topological polar surface area (TPSA) is 68.2 Å². The monoisotopic (exact) mass is 481 g/mol. The molecule has 0 spiro atoms. The summed E-state index contributed by atoms with van der Waals surface area (Å²) in [5, 5.41) is 9.11. The summed E-state index contributed by atoms with van der Waals surface area (Å²) in [6.07, 6.45) is -0.508. The van der Waals surface area contributed by atoms with Crippen molar-refractivity contribution in [3.8, 4) is 16.2 Å². The third kappa shape index (κ3) is 6.17. The molecular formula is C27H31NO5S. The molecule has 0 radical (unpaired) electrons. The van der Waals surface area contributed by atoms with Gasteiger partial charge in [-0.25, -0.2) is 0 Å². The maximum absolute atomic E-state index is 11.1. The van der Waals surface area contributed by atoms with E-state index in [0.29, 0.717) is 13.2 Å². The number of ether oxygens (including phenoxy) is 3. The number of carboxylic acid groups (broad SMARTS) is 1. The molecule has 2 aromatic carbocycles. The molecule has 1 N–H and O–H groups in total. The third-order valence-corrected chi connectivity index (χ3v) is 7.16. The van der Waals surface area contributed by atoms with Gasteiger partial charge in [0.05, 0.1) is 25.7 Å². The molecule has 0 aliphatic carbocycles. The third-order valence-electron chi connectivity index (χ3n) is 5.90. The standard InChI is InChI=1S/C27H31NO5S/c1-3-32-24(17-27(29)30)20-6-10-23(11-7-20)33-18-26-19(2)16-25(34-26)21-4-8-22(9-5-21)28-12-14-31-15-13-28/h4-11,16,24H,3,12-15,17-18H2,1-2H3,(H,29,30). The van der Waals surface area contributed by atoms with Gasteiger partial charge >= 0.3 is 5.97 Å². The number of aryl methyl sites for hydroxylation is 1. The lowest BCUT2D eigenvalue weighted by atomic mass is 10.1. The maximum Gasteiger partial charge on any atom is 0.306 e. The van der Waals surface area contributed by atoms with E-state index >= 15 is 0 Å². The fraction of sp³-hybridized carbons (Fsp3) is 0.370. The molecule has 1 aliphatic rings. The normalized spacial score (nSPS) is 14.7. The van der Waals surface area contributed by atoms with Crippen molar-refractivity contribution in [3.63, 3.8) is 0 Å². The van der Waals surface area contributed by atoms with Crippen LogP contribution < -0.4 is 9.64 Å². The summed E-state index contributed by atoms with van der Waals surface area (Å²) in [4.78, 5) is 15.9. The number of thiophene rings is 1. The number of aliphatic carboxylic acids is 1. The molecule has 1 fully saturated rings. The highest BCUT2D eigenvalue weighted by Crippen LogP contribution is 2.33. The Morgan fingerprint density at radius 1 is 1.12 bits per heavy atom. The summed E-state index contributed by atoms with van der Waals surface area (Å²) in [5.41, 5.74) is 4.50. The minimum atomic E-state index is -0.876. The van der Waals surface area contributed by atoms with Crippen LogP contribution in [0.25, 0.3) is 10.4 Å². The Balaban J connectivity index is 1.38. The number of hydrogen-bond donors (Lipinski definition) is 1. The Labute approximate surface area is 204 Å². The van der Waals surface area contributed by atoms with Crippen molar-refractivity contribution in [2.45, 2.75) is 33.0 Å². The van der Waals surface area contributed by atoms with Gasteiger partial charge in [-0.3, -0.25) is 4.79 Å². The van der Waals surface area contributed by atoms with Gasteiger partial charge in [0.2, 0.25) is 0 Å². The first-order valence-corrected chi connectivity index (χ1v) is 12.4. The van der Waals surface area contributed by atoms with Gasteiger partial charge in [0.1, 0.15) is 12.4 Å². The lowest BCUT2D eigenvalue weighted by molar-refractivity contribution is -0.140. The molecule has 2 heterocycles. The molecule has 3 aromatic rings. The average Bonchev–Trinajstić information content (AvgIpc) is 3.23. The average molecular weight is 482 g/mol. The Morgan fingerprint density at radius 3 is 2.47 bits per heavy atom. The van der Waals surface area contributed by atoms with Crippen LogP contribution >= 0.6 is 11.3 Å². The number of nitrogens with zero attached hydrogens (tertiary/aromatic N) is 1. The van der Waals surface area contributed by atoms with E-state index in [1.807, 2.05) is 31.2 Å². The van der Waals surface area contributed by atoms with Crippen LogP contribution in [0.2, 0.25) is 0 Å². The van der Waals surface area contributed by atoms with E-state index in [9.17, 15) is 4.79 Å². The number of anilines is 1. The van der Waals surface area contributed by atoms with Crippen molar-refractivity contribution >= 4 is 23.0 Å². The molecule has 1 atom stereocenters. The van der Waals surface area contributed by atoms with Gasteiger partial charge in [0.25, 0.3) is 0 Å². The highest BCUT2D eigenvalue weighted by atomic mass is 32.1. The summed E-state index contributed by atoms with van der Waals surface area (Å²) < 4.78 is 17.1. The minimum absolute atomic E-state index is 0.0569. The zero-order valence-electron chi connectivity index (χ0n) is 19.7. The van der Waals surface area contributed by atoms with E-state index in [1.54, 1.807) is 11.3 Å². The quantitative estimate of drug-likeness (QED) is 0.401. The largest absolute Gasteiger partial charge is 0.488 e. The molecule has 34 heavy (non-hydrogen) atoms. The number of carbonyl (C=O) groups is 1. The van der Waals surface area contributed by atoms with E-state index in [-0.39, 0.29) is 6.42 Å². The van der Waals surface area contributed by atoms with Crippen molar-refractivity contribution in [1.29, 1.82) is 0 Å². The number of rotatable bonds is 10. The molecule has 0 bridgehead atoms. The smallest absolute Gasteiger partial charge is 0.306 e. The van der Waals surface area contributed by atoms with Crippen LogP contribution in [-0.4, -0.2) is 44.0 Å². The first-order valence-electron chi connectivity index (χ1n) is 11.6. The molecule has 180 valence electrons. The van der Waals surface area contributed by atoms with Crippen molar-refractivity contribution in [2.24, 2.45) is 0 Å². The Bertz CT molecular complexity index is 1070. The van der Waals surface area contributed by atoms with Crippen molar-refractivity contribution in [3.05, 3.63) is 70.6 Å². The van der Waals surface area contributed by atoms with Crippen molar-refractivity contribution in [1.82, 2.24) is 0 Å². The van der Waals surface area contributed by atoms with Gasteiger partial charge in [-0.15, -0.1) is 11.3 Å². The molecule has 6 nitrogen and oxygen atoms in total. The lowest BCUT2D eigenvalue weighted by Gasteiger charge is -2.28. The predicted molar refractivity (Wildman–Crippen MR) is 135 cm³/mol. The fourth-order valence-electron chi connectivity index (χ4n) is 4.02. The van der Waals surface area contributed by atoms with Crippen LogP contribution in [0.1, 0.15) is 35.5 Å². The second-order valence-electron chi connectivity index (χ2n) is 8.26. The highest BCUT2D eigenvalue weighted by Gasteiger charge is 2.16. The summed E-state index contributed by atoms with van der Waals surface area (Å²) in [5.74, 6) is -0.128. The number of hydrogen-bond acceptors (Lipinski definition) is 6. The molecule has 0 saturated carbocycles. The van der Waals surface area contributed by atoms with Crippen molar-refractivity contribution in [2.75, 3.05) is 37.8 Å². The zero-order valence-corrected chi connectivity index (χ0v) is 20.5. The molecule has 1 aliphatic heterocycles. The first-order chi connectivity index (χ1) is 16.5. The summed E-state index contributed by atoms with van der Waals surface area (Å²) >= 11 is 1.75. The predicted octanol–water partition coefficient (Wildman–Crippen LogP) is 5.69. The molecule has 4 rings (SSSR count). The van der Waals surface area contributed by atoms with Crippen LogP contribution in [-0.2, 0) is 20.9 Å². The van der Waals surface area contributed by atoms with Crippen LogP contribution in [0.15, 0.2) is 54.6 Å². The zero-order chi connectivity index (χ0) is 23.9. The molecular weight excluding hydrogens is 450 g/mol. The maximum atomic E-state index is 11.1. The summed E-state index contributed by atoms with van der Waals surface area (Å²) in [6, 6.07) is 18.5. The van der Waals surface area contributed by atoms with E-state index in [2.05, 4.69) is 42.2 Å². The second-order valence-corrected chi connectivity index (χ2v) is 9.40. The molecule has 1 unspecified atom stereocenters. The molecule has 1 aromatic heterocycles. The Hall–Kier alpha value is -2.87. The van der Waals surface area contributed by atoms with Gasteiger partial charge in [-0.05, 0) is 60.9 Å². The van der Waals surface area contributed by atoms with Gasteiger partial charge in [-0.1, -0.05) is 24.3 Å². The Morgan fingerprint density at radius 2 is 1.82 bits per heavy atom. The first kappa shape index (κ1) is 24.3. The van der Waals surface area contributed by atoms with Crippen LogP contribution in [0, 0.1) is 6.92 Å². The SMILES string of the molecule is CCOC(CC(=O)O)c1ccc(OCc2sc(-c3ccc(N4CCOCC4)cc3)cc2C)cc1. The molecule has 1 saturated heterocycles. The van der Waals surface area contributed by atoms with Crippen LogP contribution in [0.3, 0.4) is 0 Å². The highest BCUT2D eigenvalue weighted by molar-refractivity contribution is 7.15.